The zero-order valence-electron chi connectivity index (χ0n) is 18.3. The number of H-pyrrole nitrogens is 1. The predicted molar refractivity (Wildman–Crippen MR) is 120 cm³/mol. The molecular weight excluding hydrogens is 408 g/mol. The third-order valence-corrected chi connectivity index (χ3v) is 5.57. The smallest absolute Gasteiger partial charge is 0.260 e. The van der Waals surface area contributed by atoms with Crippen molar-refractivity contribution in [2.45, 2.75) is 38.8 Å². The van der Waals surface area contributed by atoms with Crippen molar-refractivity contribution in [2.75, 3.05) is 13.1 Å². The number of rotatable bonds is 5. The van der Waals surface area contributed by atoms with Crippen molar-refractivity contribution in [1.82, 2.24) is 29.2 Å². The molecule has 1 aromatic carbocycles. The molecule has 4 heterocycles. The van der Waals surface area contributed by atoms with Crippen LogP contribution in [0.15, 0.2) is 60.0 Å². The number of hydrogen-bond donors (Lipinski definition) is 2. The average Bonchev–Trinajstić information content (AvgIpc) is 3.32. The fraction of sp³-hybridized carbons (Fsp3) is 0.348. The molecule has 4 aromatic rings. The molecule has 0 spiro atoms. The summed E-state index contributed by atoms with van der Waals surface area (Å²) in [5, 5.41) is 15.3. The van der Waals surface area contributed by atoms with Crippen molar-refractivity contribution in [3.05, 3.63) is 65.6 Å². The van der Waals surface area contributed by atoms with Crippen LogP contribution in [0.1, 0.15) is 26.8 Å². The number of fused-ring (bicyclic) bond motifs is 1. The van der Waals surface area contributed by atoms with E-state index in [1.165, 1.54) is 6.33 Å². The molecule has 3 aromatic heterocycles. The summed E-state index contributed by atoms with van der Waals surface area (Å²) in [5.41, 5.74) is 2.53. The Kier molecular flexibility index (Phi) is 4.96. The van der Waals surface area contributed by atoms with Gasteiger partial charge < -0.3 is 19.4 Å². The molecule has 166 valence electrons. The molecule has 9 heteroatoms. The summed E-state index contributed by atoms with van der Waals surface area (Å²) in [6, 6.07) is 9.93. The maximum Gasteiger partial charge on any atom is 0.260 e. The summed E-state index contributed by atoms with van der Waals surface area (Å²) in [4.78, 5) is 21.6. The standard InChI is InChI=1S/C23H26N6O3/c1-23(2,3)32-22(31)27-11-17(12-27)29-10-15(9-26-29)18-13-28(16-7-5-4-6-8-16)20-19(18)21(30)25-14-24-20/h4-10,13-14,17,22,31H,11-12H2,1-3H3,(H,24,25,30). The topological polar surface area (TPSA) is 101 Å². The van der Waals surface area contributed by atoms with E-state index >= 15 is 0 Å². The maximum absolute atomic E-state index is 12.7. The van der Waals surface area contributed by atoms with E-state index in [2.05, 4.69) is 15.1 Å². The minimum atomic E-state index is -0.935. The van der Waals surface area contributed by atoms with Gasteiger partial charge in [0, 0.05) is 42.3 Å². The zero-order chi connectivity index (χ0) is 22.5. The third-order valence-electron chi connectivity index (χ3n) is 5.57. The Bertz CT molecular complexity index is 1290. The molecule has 1 unspecified atom stereocenters. The van der Waals surface area contributed by atoms with Crippen molar-refractivity contribution in [3.63, 3.8) is 0 Å². The summed E-state index contributed by atoms with van der Waals surface area (Å²) in [6.07, 6.45) is 6.12. The monoisotopic (exact) mass is 434 g/mol. The lowest BCUT2D eigenvalue weighted by atomic mass is 10.1. The highest BCUT2D eigenvalue weighted by atomic mass is 16.6. The fourth-order valence-corrected chi connectivity index (χ4v) is 3.98. The van der Waals surface area contributed by atoms with Crippen molar-refractivity contribution in [1.29, 1.82) is 0 Å². The summed E-state index contributed by atoms with van der Waals surface area (Å²) in [5.74, 6) is 0. The van der Waals surface area contributed by atoms with Crippen LogP contribution in [0.4, 0.5) is 0 Å². The highest BCUT2D eigenvalue weighted by Crippen LogP contribution is 2.31. The van der Waals surface area contributed by atoms with Crippen molar-refractivity contribution in [2.24, 2.45) is 0 Å². The second-order valence-electron chi connectivity index (χ2n) is 9.05. The minimum absolute atomic E-state index is 0.126. The van der Waals surface area contributed by atoms with E-state index in [-0.39, 0.29) is 11.6 Å². The van der Waals surface area contributed by atoms with E-state index in [0.717, 1.165) is 16.8 Å². The zero-order valence-corrected chi connectivity index (χ0v) is 18.3. The first-order valence-electron chi connectivity index (χ1n) is 10.6. The van der Waals surface area contributed by atoms with Crippen LogP contribution < -0.4 is 5.56 Å². The molecule has 1 fully saturated rings. The number of ether oxygens (including phenoxy) is 1. The number of likely N-dealkylation sites (tertiary alicyclic amines) is 1. The van der Waals surface area contributed by atoms with Gasteiger partial charge in [-0.05, 0) is 32.9 Å². The first-order chi connectivity index (χ1) is 15.3. The second-order valence-corrected chi connectivity index (χ2v) is 9.05. The van der Waals surface area contributed by atoms with Gasteiger partial charge in [-0.3, -0.25) is 14.4 Å². The van der Waals surface area contributed by atoms with Gasteiger partial charge in [-0.2, -0.15) is 5.10 Å². The summed E-state index contributed by atoms with van der Waals surface area (Å²) < 4.78 is 9.41. The van der Waals surface area contributed by atoms with Crippen LogP contribution in [0.2, 0.25) is 0 Å². The maximum atomic E-state index is 12.7. The van der Waals surface area contributed by atoms with Crippen LogP contribution in [0.5, 0.6) is 0 Å². The van der Waals surface area contributed by atoms with Gasteiger partial charge in [0.1, 0.15) is 0 Å². The number of nitrogens with zero attached hydrogens (tertiary/aromatic N) is 5. The van der Waals surface area contributed by atoms with Crippen LogP contribution in [0.3, 0.4) is 0 Å². The SMILES string of the molecule is CC(C)(C)OC(O)N1CC(n2cc(-c3cn(-c4ccccc4)c4nc[nH]c(=O)c34)cn2)C1. The molecule has 1 aliphatic heterocycles. The number of nitrogens with one attached hydrogen (secondary N) is 1. The molecule has 1 atom stereocenters. The molecular formula is C23H26N6O3. The molecule has 1 aliphatic rings. The van der Waals surface area contributed by atoms with Gasteiger partial charge in [-0.25, -0.2) is 4.98 Å². The van der Waals surface area contributed by atoms with Gasteiger partial charge in [-0.15, -0.1) is 0 Å². The molecule has 2 N–H and O–H groups in total. The summed E-state index contributed by atoms with van der Waals surface area (Å²) in [6.45, 7) is 7.00. The van der Waals surface area contributed by atoms with Gasteiger partial charge >= 0.3 is 0 Å². The average molecular weight is 435 g/mol. The number of hydrogen-bond acceptors (Lipinski definition) is 6. The molecule has 32 heavy (non-hydrogen) atoms. The Morgan fingerprint density at radius 3 is 2.66 bits per heavy atom. The molecule has 1 saturated heterocycles. The number of benzene rings is 1. The molecule has 0 aliphatic carbocycles. The lowest BCUT2D eigenvalue weighted by Gasteiger charge is -2.43. The Morgan fingerprint density at radius 1 is 1.19 bits per heavy atom. The highest BCUT2D eigenvalue weighted by molar-refractivity contribution is 5.94. The van der Waals surface area contributed by atoms with E-state index in [1.807, 2.05) is 77.6 Å². The first-order valence-corrected chi connectivity index (χ1v) is 10.6. The molecule has 0 saturated carbocycles. The van der Waals surface area contributed by atoms with E-state index in [0.29, 0.717) is 24.1 Å². The van der Waals surface area contributed by atoms with E-state index in [1.54, 1.807) is 6.20 Å². The van der Waals surface area contributed by atoms with Gasteiger partial charge in [0.15, 0.2) is 5.65 Å². The second kappa shape index (κ2) is 7.70. The van der Waals surface area contributed by atoms with E-state index < -0.39 is 12.0 Å². The summed E-state index contributed by atoms with van der Waals surface area (Å²) >= 11 is 0. The van der Waals surface area contributed by atoms with Crippen molar-refractivity contribution >= 4 is 11.0 Å². The first kappa shape index (κ1) is 20.6. The largest absolute Gasteiger partial charge is 0.356 e. The number of aromatic amines is 1. The van der Waals surface area contributed by atoms with Crippen molar-refractivity contribution in [3.8, 4) is 16.8 Å². The summed E-state index contributed by atoms with van der Waals surface area (Å²) in [7, 11) is 0. The van der Waals surface area contributed by atoms with Crippen LogP contribution in [-0.2, 0) is 4.74 Å². The van der Waals surface area contributed by atoms with Gasteiger partial charge in [-0.1, -0.05) is 18.2 Å². The van der Waals surface area contributed by atoms with Gasteiger partial charge in [0.2, 0.25) is 6.41 Å². The van der Waals surface area contributed by atoms with Crippen LogP contribution in [-0.4, -0.2) is 59.4 Å². The quantitative estimate of drug-likeness (QED) is 0.468. The van der Waals surface area contributed by atoms with Crippen LogP contribution in [0.25, 0.3) is 27.8 Å². The number of aliphatic hydroxyl groups is 1. The fourth-order valence-electron chi connectivity index (χ4n) is 3.98. The normalized spacial score (nSPS) is 16.4. The Balaban J connectivity index is 1.43. The number of para-hydroxylation sites is 1. The third kappa shape index (κ3) is 3.75. The van der Waals surface area contributed by atoms with Crippen LogP contribution in [0, 0.1) is 0 Å². The van der Waals surface area contributed by atoms with Crippen molar-refractivity contribution < 1.29 is 9.84 Å². The van der Waals surface area contributed by atoms with Gasteiger partial charge in [0.25, 0.3) is 5.56 Å². The Labute approximate surface area is 184 Å². The molecule has 5 rings (SSSR count). The molecule has 0 bridgehead atoms. The van der Waals surface area contributed by atoms with E-state index in [4.69, 9.17) is 4.74 Å². The highest BCUT2D eigenvalue weighted by Gasteiger charge is 2.35. The van der Waals surface area contributed by atoms with Gasteiger partial charge in [0.05, 0.1) is 29.6 Å². The number of aromatic nitrogens is 5. The molecule has 0 radical (unpaired) electrons. The minimum Gasteiger partial charge on any atom is -0.356 e. The number of aliphatic hydroxyl groups excluding tert-OH is 1. The Hall–Kier alpha value is -3.27. The molecule has 0 amide bonds. The predicted octanol–water partition coefficient (Wildman–Crippen LogP) is 2.53. The molecule has 9 nitrogen and oxygen atoms in total. The lowest BCUT2D eigenvalue weighted by Crippen LogP contribution is -2.55. The van der Waals surface area contributed by atoms with Crippen LogP contribution >= 0.6 is 0 Å². The lowest BCUT2D eigenvalue weighted by molar-refractivity contribution is -0.259. The van der Waals surface area contributed by atoms with E-state index in [9.17, 15) is 9.90 Å². The Morgan fingerprint density at radius 2 is 1.94 bits per heavy atom.